The third-order valence-corrected chi connectivity index (χ3v) is 3.37. The van der Waals surface area contributed by atoms with Crippen molar-refractivity contribution in [2.45, 2.75) is 19.4 Å². The van der Waals surface area contributed by atoms with Crippen LogP contribution in [0.3, 0.4) is 0 Å². The maximum absolute atomic E-state index is 12.2. The molecule has 1 atom stereocenters. The van der Waals surface area contributed by atoms with Gasteiger partial charge in [-0.1, -0.05) is 30.3 Å². The molecule has 2 aromatic rings. The lowest BCUT2D eigenvalue weighted by atomic mass is 10.0. The maximum atomic E-state index is 12.2. The Bertz CT molecular complexity index is 656. The van der Waals surface area contributed by atoms with E-state index in [1.165, 1.54) is 13.3 Å². The van der Waals surface area contributed by atoms with E-state index in [-0.39, 0.29) is 5.69 Å². The van der Waals surface area contributed by atoms with E-state index in [0.29, 0.717) is 6.42 Å². The molecule has 22 heavy (non-hydrogen) atoms. The van der Waals surface area contributed by atoms with E-state index in [1.54, 1.807) is 18.2 Å². The molecule has 0 unspecified atom stereocenters. The van der Waals surface area contributed by atoms with Crippen LogP contribution in [-0.2, 0) is 16.0 Å². The number of nitrogens with zero attached hydrogens (tertiary/aromatic N) is 1. The van der Waals surface area contributed by atoms with Gasteiger partial charge >= 0.3 is 5.97 Å². The van der Waals surface area contributed by atoms with E-state index >= 15 is 0 Å². The Kier molecular flexibility index (Phi) is 5.25. The van der Waals surface area contributed by atoms with Crippen molar-refractivity contribution >= 4 is 11.9 Å². The fourth-order valence-corrected chi connectivity index (χ4v) is 2.12. The lowest BCUT2D eigenvalue weighted by molar-refractivity contribution is -0.142. The largest absolute Gasteiger partial charge is 0.467 e. The van der Waals surface area contributed by atoms with Gasteiger partial charge in [-0.2, -0.15) is 0 Å². The second-order valence-electron chi connectivity index (χ2n) is 4.89. The zero-order valence-electron chi connectivity index (χ0n) is 12.6. The summed E-state index contributed by atoms with van der Waals surface area (Å²) in [4.78, 5) is 28.1. The second-order valence-corrected chi connectivity index (χ2v) is 4.89. The van der Waals surface area contributed by atoms with E-state index in [0.717, 1.165) is 11.1 Å². The number of aryl methyl sites for hydroxylation is 1. The predicted octanol–water partition coefficient (Wildman–Crippen LogP) is 1.90. The minimum absolute atomic E-state index is 0.265. The minimum atomic E-state index is -0.749. The first-order chi connectivity index (χ1) is 10.6. The van der Waals surface area contributed by atoms with Crippen LogP contribution in [-0.4, -0.2) is 30.0 Å². The molecule has 0 aliphatic heterocycles. The van der Waals surface area contributed by atoms with E-state index in [9.17, 15) is 9.59 Å². The van der Waals surface area contributed by atoms with E-state index in [2.05, 4.69) is 10.3 Å². The molecule has 5 nitrogen and oxygen atoms in total. The van der Waals surface area contributed by atoms with Gasteiger partial charge in [0, 0.05) is 12.6 Å². The molecule has 1 N–H and O–H groups in total. The third-order valence-electron chi connectivity index (χ3n) is 3.37. The quantitative estimate of drug-likeness (QED) is 0.856. The summed E-state index contributed by atoms with van der Waals surface area (Å²) in [7, 11) is 1.31. The number of pyridine rings is 1. The summed E-state index contributed by atoms with van der Waals surface area (Å²) in [6, 6.07) is 12.0. The molecule has 1 heterocycles. The van der Waals surface area contributed by atoms with Gasteiger partial charge in [0.25, 0.3) is 5.91 Å². The molecule has 5 heteroatoms. The van der Waals surface area contributed by atoms with Crippen LogP contribution in [0.25, 0.3) is 0 Å². The second kappa shape index (κ2) is 7.36. The Morgan fingerprint density at radius 1 is 1.18 bits per heavy atom. The summed E-state index contributed by atoms with van der Waals surface area (Å²) in [5, 5.41) is 2.68. The number of benzene rings is 1. The molecular formula is C17H18N2O3. The number of rotatable bonds is 5. The first kappa shape index (κ1) is 15.7. The van der Waals surface area contributed by atoms with Crippen molar-refractivity contribution in [1.29, 1.82) is 0 Å². The maximum Gasteiger partial charge on any atom is 0.328 e. The Balaban J connectivity index is 2.15. The molecule has 114 valence electrons. The van der Waals surface area contributed by atoms with Gasteiger partial charge in [-0.15, -0.1) is 0 Å². The summed E-state index contributed by atoms with van der Waals surface area (Å²) in [5.41, 5.74) is 2.31. The summed E-state index contributed by atoms with van der Waals surface area (Å²) < 4.78 is 4.79. The highest BCUT2D eigenvalue weighted by atomic mass is 16.5. The zero-order valence-corrected chi connectivity index (χ0v) is 12.6. The van der Waals surface area contributed by atoms with Crippen molar-refractivity contribution in [1.82, 2.24) is 10.3 Å². The van der Waals surface area contributed by atoms with Gasteiger partial charge in [0.2, 0.25) is 0 Å². The molecule has 0 saturated heterocycles. The highest BCUT2D eigenvalue weighted by molar-refractivity contribution is 5.95. The molecule has 1 aromatic carbocycles. The van der Waals surface area contributed by atoms with Crippen LogP contribution in [0.4, 0.5) is 0 Å². The smallest absolute Gasteiger partial charge is 0.328 e. The Morgan fingerprint density at radius 2 is 1.91 bits per heavy atom. The number of hydrogen-bond acceptors (Lipinski definition) is 4. The van der Waals surface area contributed by atoms with E-state index in [4.69, 9.17) is 4.74 Å². The van der Waals surface area contributed by atoms with Crippen LogP contribution >= 0.6 is 0 Å². The molecule has 1 amide bonds. The number of nitrogens with one attached hydrogen (secondary N) is 1. The van der Waals surface area contributed by atoms with Gasteiger partial charge < -0.3 is 10.1 Å². The summed E-state index contributed by atoms with van der Waals surface area (Å²) in [6.45, 7) is 1.96. The first-order valence-electron chi connectivity index (χ1n) is 6.96. The Hall–Kier alpha value is -2.69. The van der Waals surface area contributed by atoms with Crippen molar-refractivity contribution in [2.75, 3.05) is 7.11 Å². The normalized spacial score (nSPS) is 11.5. The number of esters is 1. The van der Waals surface area contributed by atoms with Crippen molar-refractivity contribution in [3.05, 3.63) is 65.5 Å². The van der Waals surface area contributed by atoms with Crippen molar-refractivity contribution < 1.29 is 14.3 Å². The lowest BCUT2D eigenvalue weighted by Gasteiger charge is -2.17. The van der Waals surface area contributed by atoms with Crippen LogP contribution in [0.15, 0.2) is 48.7 Å². The molecule has 0 aliphatic carbocycles. The van der Waals surface area contributed by atoms with Crippen molar-refractivity contribution in [3.63, 3.8) is 0 Å². The van der Waals surface area contributed by atoms with Gasteiger partial charge in [0.15, 0.2) is 0 Å². The average molecular weight is 298 g/mol. The molecule has 1 aromatic heterocycles. The topological polar surface area (TPSA) is 68.3 Å². The number of carbonyl (C=O) groups excluding carboxylic acids is 2. The third kappa shape index (κ3) is 3.91. The number of amides is 1. The highest BCUT2D eigenvalue weighted by Crippen LogP contribution is 2.11. The fraction of sp³-hybridized carbons (Fsp3) is 0.235. The van der Waals surface area contributed by atoms with Crippen LogP contribution in [0.2, 0.25) is 0 Å². The number of hydrogen-bond donors (Lipinski definition) is 1. The molecule has 0 radical (unpaired) electrons. The number of ether oxygens (including phenoxy) is 1. The first-order valence-corrected chi connectivity index (χ1v) is 6.96. The minimum Gasteiger partial charge on any atom is -0.467 e. The Morgan fingerprint density at radius 3 is 2.55 bits per heavy atom. The van der Waals surface area contributed by atoms with Crippen LogP contribution in [0.5, 0.6) is 0 Å². The van der Waals surface area contributed by atoms with Crippen molar-refractivity contribution in [2.24, 2.45) is 0 Å². The predicted molar refractivity (Wildman–Crippen MR) is 82.4 cm³/mol. The van der Waals surface area contributed by atoms with Crippen LogP contribution in [0.1, 0.15) is 21.6 Å². The average Bonchev–Trinajstić information content (AvgIpc) is 2.56. The van der Waals surface area contributed by atoms with Crippen LogP contribution in [0, 0.1) is 6.92 Å². The number of methoxy groups -OCH3 is 1. The molecule has 0 bridgehead atoms. The summed E-state index contributed by atoms with van der Waals surface area (Å²) in [6.07, 6.45) is 1.90. The standard InChI is InChI=1S/C17H18N2O3/c1-12-7-3-4-8-13(12)11-15(17(21)22-2)19-16(20)14-9-5-6-10-18-14/h3-10,15H,11H2,1-2H3,(H,19,20)/t15-/m0/s1. The number of carbonyl (C=O) groups is 2. The van der Waals surface area contributed by atoms with Gasteiger partial charge in [0.05, 0.1) is 7.11 Å². The molecule has 2 rings (SSSR count). The lowest BCUT2D eigenvalue weighted by Crippen LogP contribution is -2.43. The molecule has 0 saturated carbocycles. The van der Waals surface area contributed by atoms with E-state index < -0.39 is 17.9 Å². The monoisotopic (exact) mass is 298 g/mol. The van der Waals surface area contributed by atoms with E-state index in [1.807, 2.05) is 31.2 Å². The van der Waals surface area contributed by atoms with Gasteiger partial charge in [-0.3, -0.25) is 9.78 Å². The zero-order chi connectivity index (χ0) is 15.9. The summed E-state index contributed by atoms with van der Waals surface area (Å²) in [5.74, 6) is -0.878. The molecule has 0 fully saturated rings. The van der Waals surface area contributed by atoms with Crippen LogP contribution < -0.4 is 5.32 Å². The highest BCUT2D eigenvalue weighted by Gasteiger charge is 2.23. The van der Waals surface area contributed by atoms with Gasteiger partial charge in [-0.05, 0) is 30.2 Å². The van der Waals surface area contributed by atoms with Gasteiger partial charge in [0.1, 0.15) is 11.7 Å². The number of aromatic nitrogens is 1. The van der Waals surface area contributed by atoms with Crippen molar-refractivity contribution in [3.8, 4) is 0 Å². The molecular weight excluding hydrogens is 280 g/mol. The summed E-state index contributed by atoms with van der Waals surface area (Å²) >= 11 is 0. The SMILES string of the molecule is COC(=O)[C@H](Cc1ccccc1C)NC(=O)c1ccccn1. The molecule has 0 spiro atoms. The van der Waals surface area contributed by atoms with Gasteiger partial charge in [-0.25, -0.2) is 4.79 Å². The fourth-order valence-electron chi connectivity index (χ4n) is 2.12. The Labute approximate surface area is 129 Å². The molecule has 0 aliphatic rings.